The Kier molecular flexibility index (Phi) is 7.07. The van der Waals surface area contributed by atoms with Gasteiger partial charge in [-0.3, -0.25) is 4.79 Å². The highest BCUT2D eigenvalue weighted by Gasteiger charge is 2.22. The largest absolute Gasteiger partial charge is 0.459 e. The second-order valence-electron chi connectivity index (χ2n) is 4.98. The average Bonchev–Trinajstić information content (AvgIpc) is 2.11. The summed E-state index contributed by atoms with van der Waals surface area (Å²) < 4.78 is 5.30. The molecule has 0 aliphatic carbocycles. The summed E-state index contributed by atoms with van der Waals surface area (Å²) in [5.41, 5.74) is -0.408. The lowest BCUT2D eigenvalue weighted by Gasteiger charge is -2.24. The van der Waals surface area contributed by atoms with Gasteiger partial charge in [0.15, 0.2) is 0 Å². The maximum absolute atomic E-state index is 11.7. The first kappa shape index (κ1) is 15.8. The van der Waals surface area contributed by atoms with E-state index in [1.165, 1.54) is 0 Å². The predicted octanol–water partition coefficient (Wildman–Crippen LogP) is 2.45. The Hall–Kier alpha value is -0.220. The number of ether oxygens (including phenoxy) is 1. The number of carbonyl (C=O) groups excluding carboxylic acids is 1. The van der Waals surface area contributed by atoms with E-state index in [1.54, 1.807) is 0 Å². The van der Waals surface area contributed by atoms with Crippen molar-refractivity contribution in [1.82, 2.24) is 5.32 Å². The van der Waals surface area contributed by atoms with Crippen molar-refractivity contribution in [2.45, 2.75) is 59.2 Å². The molecule has 0 spiro atoms. The molecule has 0 rings (SSSR count). The van der Waals surface area contributed by atoms with Crippen LogP contribution in [-0.4, -0.2) is 35.2 Å². The highest BCUT2D eigenvalue weighted by atomic mass is 32.2. The van der Waals surface area contributed by atoms with Gasteiger partial charge in [0.2, 0.25) is 0 Å². The van der Waals surface area contributed by atoms with Crippen molar-refractivity contribution in [3.8, 4) is 0 Å². The van der Waals surface area contributed by atoms with E-state index in [1.807, 2.05) is 39.5 Å². The van der Waals surface area contributed by atoms with Gasteiger partial charge < -0.3 is 10.1 Å². The molecular weight excluding hydrogens is 222 g/mol. The molecule has 0 saturated heterocycles. The summed E-state index contributed by atoms with van der Waals surface area (Å²) >= 11 is 1.87. The third-order valence-corrected chi connectivity index (χ3v) is 3.01. The van der Waals surface area contributed by atoms with Gasteiger partial charge in [-0.05, 0) is 40.4 Å². The van der Waals surface area contributed by atoms with Crippen LogP contribution < -0.4 is 5.32 Å². The molecule has 2 unspecified atom stereocenters. The fourth-order valence-corrected chi connectivity index (χ4v) is 1.91. The van der Waals surface area contributed by atoms with E-state index in [4.69, 9.17) is 4.74 Å². The molecule has 0 aromatic heterocycles. The van der Waals surface area contributed by atoms with Gasteiger partial charge >= 0.3 is 5.97 Å². The Morgan fingerprint density at radius 3 is 2.38 bits per heavy atom. The first-order chi connectivity index (χ1) is 7.26. The lowest BCUT2D eigenvalue weighted by Crippen LogP contribution is -2.44. The number of esters is 1. The number of nitrogens with one attached hydrogen (secondary N) is 1. The molecule has 2 atom stereocenters. The standard InChI is InChI=1S/C12H25NO2S/c1-7-16-8-9(2)13-10(3)11(14)15-12(4,5)6/h9-10,13H,7-8H2,1-6H3. The Balaban J connectivity index is 3.95. The molecule has 0 aliphatic rings. The summed E-state index contributed by atoms with van der Waals surface area (Å²) in [5, 5.41) is 3.24. The van der Waals surface area contributed by atoms with Gasteiger partial charge in [0.25, 0.3) is 0 Å². The molecule has 16 heavy (non-hydrogen) atoms. The molecule has 1 N–H and O–H groups in total. The van der Waals surface area contributed by atoms with Crippen LogP contribution in [-0.2, 0) is 9.53 Å². The SMILES string of the molecule is CCSCC(C)NC(C)C(=O)OC(C)(C)C. The Morgan fingerprint density at radius 1 is 1.38 bits per heavy atom. The molecule has 0 aromatic carbocycles. The van der Waals surface area contributed by atoms with Crippen LogP contribution >= 0.6 is 11.8 Å². The molecule has 0 amide bonds. The molecule has 0 radical (unpaired) electrons. The van der Waals surface area contributed by atoms with Crippen LogP contribution in [0.5, 0.6) is 0 Å². The van der Waals surface area contributed by atoms with Crippen LogP contribution in [0.4, 0.5) is 0 Å². The lowest BCUT2D eigenvalue weighted by molar-refractivity contribution is -0.157. The van der Waals surface area contributed by atoms with Crippen molar-refractivity contribution >= 4 is 17.7 Å². The number of hydrogen-bond acceptors (Lipinski definition) is 4. The molecule has 0 aromatic rings. The second kappa shape index (κ2) is 7.17. The summed E-state index contributed by atoms with van der Waals surface area (Å²) in [6.07, 6.45) is 0. The minimum absolute atomic E-state index is 0.180. The number of rotatable bonds is 6. The van der Waals surface area contributed by atoms with E-state index in [-0.39, 0.29) is 12.0 Å². The molecule has 0 bridgehead atoms. The zero-order valence-electron chi connectivity index (χ0n) is 11.3. The van der Waals surface area contributed by atoms with Crippen molar-refractivity contribution < 1.29 is 9.53 Å². The Bertz CT molecular complexity index is 214. The van der Waals surface area contributed by atoms with Crippen molar-refractivity contribution in [1.29, 1.82) is 0 Å². The summed E-state index contributed by atoms with van der Waals surface area (Å²) in [6.45, 7) is 11.7. The van der Waals surface area contributed by atoms with Crippen molar-refractivity contribution in [3.63, 3.8) is 0 Å². The molecule has 3 nitrogen and oxygen atoms in total. The smallest absolute Gasteiger partial charge is 0.323 e. The second-order valence-corrected chi connectivity index (χ2v) is 6.30. The van der Waals surface area contributed by atoms with Gasteiger partial charge in [-0.2, -0.15) is 11.8 Å². The molecule has 0 heterocycles. The van der Waals surface area contributed by atoms with Crippen LogP contribution in [0.15, 0.2) is 0 Å². The van der Waals surface area contributed by atoms with E-state index in [2.05, 4.69) is 19.2 Å². The third kappa shape index (κ3) is 7.99. The first-order valence-corrected chi connectivity index (χ1v) is 6.98. The van der Waals surface area contributed by atoms with E-state index < -0.39 is 5.60 Å². The van der Waals surface area contributed by atoms with Crippen molar-refractivity contribution in [3.05, 3.63) is 0 Å². The molecule has 0 aliphatic heterocycles. The Morgan fingerprint density at radius 2 is 1.94 bits per heavy atom. The van der Waals surface area contributed by atoms with Gasteiger partial charge in [-0.1, -0.05) is 6.92 Å². The zero-order chi connectivity index (χ0) is 12.8. The number of hydrogen-bond donors (Lipinski definition) is 1. The first-order valence-electron chi connectivity index (χ1n) is 5.83. The minimum Gasteiger partial charge on any atom is -0.459 e. The summed E-state index contributed by atoms with van der Waals surface area (Å²) in [7, 11) is 0. The van der Waals surface area contributed by atoms with Crippen molar-refractivity contribution in [2.75, 3.05) is 11.5 Å². The van der Waals surface area contributed by atoms with E-state index in [0.29, 0.717) is 6.04 Å². The van der Waals surface area contributed by atoms with Gasteiger partial charge in [0.1, 0.15) is 11.6 Å². The monoisotopic (exact) mass is 247 g/mol. The van der Waals surface area contributed by atoms with Gasteiger partial charge in [0, 0.05) is 11.8 Å². The quantitative estimate of drug-likeness (QED) is 0.732. The summed E-state index contributed by atoms with van der Waals surface area (Å²) in [5.74, 6) is 1.94. The van der Waals surface area contributed by atoms with Crippen LogP contribution in [0.1, 0.15) is 41.5 Å². The normalized spacial score (nSPS) is 15.6. The van der Waals surface area contributed by atoms with Crippen LogP contribution in [0.25, 0.3) is 0 Å². The number of carbonyl (C=O) groups is 1. The van der Waals surface area contributed by atoms with Crippen LogP contribution in [0.2, 0.25) is 0 Å². The molecule has 4 heteroatoms. The van der Waals surface area contributed by atoms with Crippen LogP contribution in [0, 0.1) is 0 Å². The van der Waals surface area contributed by atoms with E-state index in [0.717, 1.165) is 11.5 Å². The van der Waals surface area contributed by atoms with E-state index >= 15 is 0 Å². The highest BCUT2D eigenvalue weighted by molar-refractivity contribution is 7.99. The fraction of sp³-hybridized carbons (Fsp3) is 0.917. The van der Waals surface area contributed by atoms with Crippen molar-refractivity contribution in [2.24, 2.45) is 0 Å². The fourth-order valence-electron chi connectivity index (χ4n) is 1.23. The molecule has 0 saturated carbocycles. The maximum Gasteiger partial charge on any atom is 0.323 e. The topological polar surface area (TPSA) is 38.3 Å². The molecular formula is C12H25NO2S. The van der Waals surface area contributed by atoms with Crippen LogP contribution in [0.3, 0.4) is 0 Å². The van der Waals surface area contributed by atoms with Gasteiger partial charge in [-0.25, -0.2) is 0 Å². The zero-order valence-corrected chi connectivity index (χ0v) is 12.1. The van der Waals surface area contributed by atoms with Gasteiger partial charge in [0.05, 0.1) is 0 Å². The molecule has 0 fully saturated rings. The maximum atomic E-state index is 11.7. The summed E-state index contributed by atoms with van der Waals surface area (Å²) in [4.78, 5) is 11.7. The minimum atomic E-state index is -0.408. The molecule has 96 valence electrons. The predicted molar refractivity (Wildman–Crippen MR) is 70.9 cm³/mol. The van der Waals surface area contributed by atoms with Gasteiger partial charge in [-0.15, -0.1) is 0 Å². The van der Waals surface area contributed by atoms with E-state index in [9.17, 15) is 4.79 Å². The lowest BCUT2D eigenvalue weighted by atomic mass is 10.2. The third-order valence-electron chi connectivity index (χ3n) is 1.87. The highest BCUT2D eigenvalue weighted by Crippen LogP contribution is 2.09. The summed E-state index contributed by atoms with van der Waals surface area (Å²) in [6, 6.07) is 0.0825. The average molecular weight is 247 g/mol. The Labute approximate surface area is 104 Å². The number of thioether (sulfide) groups is 1.